The van der Waals surface area contributed by atoms with Gasteiger partial charge in [-0.25, -0.2) is 0 Å². The number of Topliss-reactive ketones (excluding diaryl/α,β-unsaturated/α-hetero) is 1. The largest absolute Gasteiger partial charge is 0.507 e. The van der Waals surface area contributed by atoms with E-state index in [1.54, 1.807) is 55.6 Å². The Morgan fingerprint density at radius 1 is 1.03 bits per heavy atom. The molecule has 0 bridgehead atoms. The molecule has 7 nitrogen and oxygen atoms in total. The van der Waals surface area contributed by atoms with Crippen molar-refractivity contribution in [2.45, 2.75) is 25.8 Å². The number of hydrogen-bond acceptors (Lipinski definition) is 6. The molecule has 1 fully saturated rings. The number of unbranched alkanes of at least 4 members (excludes halogenated alkanes) is 1. The topological polar surface area (TPSA) is 85.3 Å². The van der Waals surface area contributed by atoms with Crippen molar-refractivity contribution < 1.29 is 28.9 Å². The first-order chi connectivity index (χ1) is 15.5. The van der Waals surface area contributed by atoms with Crippen LogP contribution in [0.2, 0.25) is 0 Å². The summed E-state index contributed by atoms with van der Waals surface area (Å²) in [6, 6.07) is 13.3. The maximum Gasteiger partial charge on any atom is 0.295 e. The molecule has 1 atom stereocenters. The van der Waals surface area contributed by atoms with E-state index in [0.717, 1.165) is 12.8 Å². The molecule has 2 aromatic rings. The van der Waals surface area contributed by atoms with Crippen LogP contribution in [0.3, 0.4) is 0 Å². The SMILES string of the molecule is CCCCOc1cccc(/C(O)=C2\C(=O)C(=O)N(CCOC)C2c2cccc(OC)c2)c1. The lowest BCUT2D eigenvalue weighted by Crippen LogP contribution is -2.32. The van der Waals surface area contributed by atoms with Gasteiger partial charge in [-0.05, 0) is 36.2 Å². The van der Waals surface area contributed by atoms with Gasteiger partial charge in [0, 0.05) is 19.2 Å². The summed E-state index contributed by atoms with van der Waals surface area (Å²) in [6.07, 6.45) is 1.92. The summed E-state index contributed by atoms with van der Waals surface area (Å²) in [4.78, 5) is 27.3. The van der Waals surface area contributed by atoms with E-state index in [-0.39, 0.29) is 24.5 Å². The minimum absolute atomic E-state index is 0.0325. The molecule has 1 aliphatic heterocycles. The van der Waals surface area contributed by atoms with Crippen LogP contribution in [-0.2, 0) is 14.3 Å². The van der Waals surface area contributed by atoms with Crippen molar-refractivity contribution in [3.05, 3.63) is 65.2 Å². The van der Waals surface area contributed by atoms with E-state index in [2.05, 4.69) is 6.92 Å². The first-order valence-electron chi connectivity index (χ1n) is 10.7. The second-order valence-corrected chi connectivity index (χ2v) is 7.49. The second-order valence-electron chi connectivity index (χ2n) is 7.49. The number of carbonyl (C=O) groups is 2. The van der Waals surface area contributed by atoms with Crippen molar-refractivity contribution in [2.24, 2.45) is 0 Å². The Labute approximate surface area is 188 Å². The molecular formula is C25H29NO6. The van der Waals surface area contributed by atoms with Crippen LogP contribution in [0, 0.1) is 0 Å². The number of nitrogens with zero attached hydrogens (tertiary/aromatic N) is 1. The molecule has 2 aromatic carbocycles. The number of benzene rings is 2. The Balaban J connectivity index is 2.08. The first kappa shape index (κ1) is 23.3. The van der Waals surface area contributed by atoms with E-state index in [4.69, 9.17) is 14.2 Å². The Morgan fingerprint density at radius 3 is 2.50 bits per heavy atom. The predicted molar refractivity (Wildman–Crippen MR) is 121 cm³/mol. The van der Waals surface area contributed by atoms with Gasteiger partial charge in [0.2, 0.25) is 0 Å². The number of likely N-dealkylation sites (tertiary alicyclic amines) is 1. The van der Waals surface area contributed by atoms with E-state index in [9.17, 15) is 14.7 Å². The minimum atomic E-state index is -0.759. The normalized spacial score (nSPS) is 17.6. The Kier molecular flexibility index (Phi) is 7.89. The molecule has 1 amide bonds. The third kappa shape index (κ3) is 4.94. The van der Waals surface area contributed by atoms with Gasteiger partial charge in [0.25, 0.3) is 11.7 Å². The molecule has 0 spiro atoms. The average molecular weight is 440 g/mol. The fourth-order valence-corrected chi connectivity index (χ4v) is 3.68. The molecule has 1 heterocycles. The number of ether oxygens (including phenoxy) is 3. The lowest BCUT2D eigenvalue weighted by atomic mass is 9.95. The van der Waals surface area contributed by atoms with Crippen LogP contribution in [-0.4, -0.2) is 55.7 Å². The van der Waals surface area contributed by atoms with Gasteiger partial charge in [-0.1, -0.05) is 37.6 Å². The van der Waals surface area contributed by atoms with Crippen molar-refractivity contribution in [2.75, 3.05) is 34.0 Å². The third-order valence-electron chi connectivity index (χ3n) is 5.36. The Morgan fingerprint density at radius 2 is 1.78 bits per heavy atom. The number of amides is 1. The number of carbonyl (C=O) groups excluding carboxylic acids is 2. The number of ketones is 1. The molecule has 0 radical (unpaired) electrons. The average Bonchev–Trinajstić information content (AvgIpc) is 3.07. The molecule has 1 aliphatic rings. The summed E-state index contributed by atoms with van der Waals surface area (Å²) in [5.41, 5.74) is 1.11. The van der Waals surface area contributed by atoms with Gasteiger partial charge in [-0.2, -0.15) is 0 Å². The molecule has 170 valence electrons. The van der Waals surface area contributed by atoms with Gasteiger partial charge < -0.3 is 24.2 Å². The van der Waals surface area contributed by atoms with E-state index < -0.39 is 17.7 Å². The fourth-order valence-electron chi connectivity index (χ4n) is 3.68. The van der Waals surface area contributed by atoms with Crippen molar-refractivity contribution in [3.63, 3.8) is 0 Å². The van der Waals surface area contributed by atoms with Gasteiger partial charge >= 0.3 is 0 Å². The highest BCUT2D eigenvalue weighted by Crippen LogP contribution is 2.40. The van der Waals surface area contributed by atoms with Crippen LogP contribution < -0.4 is 9.47 Å². The zero-order valence-electron chi connectivity index (χ0n) is 18.7. The molecule has 3 rings (SSSR count). The summed E-state index contributed by atoms with van der Waals surface area (Å²) < 4.78 is 16.2. The van der Waals surface area contributed by atoms with Crippen LogP contribution in [0.25, 0.3) is 5.76 Å². The molecule has 0 aliphatic carbocycles. The predicted octanol–water partition coefficient (Wildman–Crippen LogP) is 3.94. The zero-order chi connectivity index (χ0) is 23.1. The molecular weight excluding hydrogens is 410 g/mol. The molecule has 1 N–H and O–H groups in total. The van der Waals surface area contributed by atoms with Crippen molar-refractivity contribution >= 4 is 17.4 Å². The quantitative estimate of drug-likeness (QED) is 0.261. The summed E-state index contributed by atoms with van der Waals surface area (Å²) in [6.45, 7) is 3.10. The third-order valence-corrected chi connectivity index (χ3v) is 5.36. The van der Waals surface area contributed by atoms with Crippen LogP contribution in [0.1, 0.15) is 36.9 Å². The maximum atomic E-state index is 13.0. The lowest BCUT2D eigenvalue weighted by molar-refractivity contribution is -0.140. The van der Waals surface area contributed by atoms with E-state index >= 15 is 0 Å². The Bertz CT molecular complexity index is 999. The smallest absolute Gasteiger partial charge is 0.295 e. The standard InChI is InChI=1S/C25H29NO6/c1-4-5-13-32-20-11-7-9-18(16-20)23(27)21-22(17-8-6-10-19(15-17)31-3)26(12-14-30-2)25(29)24(21)28/h6-11,15-16,22,27H,4-5,12-14H2,1-3H3/b23-21+. The van der Waals surface area contributed by atoms with Crippen LogP contribution >= 0.6 is 0 Å². The number of methoxy groups -OCH3 is 2. The Hall–Kier alpha value is -3.32. The van der Waals surface area contributed by atoms with E-state index in [1.165, 1.54) is 12.0 Å². The van der Waals surface area contributed by atoms with Gasteiger partial charge in [-0.3, -0.25) is 9.59 Å². The molecule has 1 unspecified atom stereocenters. The molecule has 0 saturated carbocycles. The number of aliphatic hydroxyl groups excluding tert-OH is 1. The van der Waals surface area contributed by atoms with Gasteiger partial charge in [0.1, 0.15) is 17.3 Å². The summed E-state index contributed by atoms with van der Waals surface area (Å²) >= 11 is 0. The zero-order valence-corrected chi connectivity index (χ0v) is 18.7. The van der Waals surface area contributed by atoms with Crippen molar-refractivity contribution in [1.29, 1.82) is 0 Å². The summed E-state index contributed by atoms with van der Waals surface area (Å²) in [5.74, 6) is -0.465. The highest BCUT2D eigenvalue weighted by Gasteiger charge is 2.46. The van der Waals surface area contributed by atoms with Gasteiger partial charge in [0.15, 0.2) is 0 Å². The minimum Gasteiger partial charge on any atom is -0.507 e. The van der Waals surface area contributed by atoms with Crippen molar-refractivity contribution in [3.8, 4) is 11.5 Å². The molecule has 7 heteroatoms. The first-order valence-corrected chi connectivity index (χ1v) is 10.7. The fraction of sp³-hybridized carbons (Fsp3) is 0.360. The van der Waals surface area contributed by atoms with Crippen LogP contribution in [0.15, 0.2) is 54.1 Å². The second kappa shape index (κ2) is 10.8. The monoisotopic (exact) mass is 439 g/mol. The van der Waals surface area contributed by atoms with Crippen LogP contribution in [0.5, 0.6) is 11.5 Å². The summed E-state index contributed by atoms with van der Waals surface area (Å²) in [5, 5.41) is 11.2. The molecule has 0 aromatic heterocycles. The molecule has 1 saturated heterocycles. The van der Waals surface area contributed by atoms with E-state index in [0.29, 0.717) is 29.2 Å². The van der Waals surface area contributed by atoms with Crippen LogP contribution in [0.4, 0.5) is 0 Å². The maximum absolute atomic E-state index is 13.0. The van der Waals surface area contributed by atoms with Crippen molar-refractivity contribution in [1.82, 2.24) is 4.90 Å². The highest BCUT2D eigenvalue weighted by atomic mass is 16.5. The van der Waals surface area contributed by atoms with E-state index in [1.807, 2.05) is 0 Å². The lowest BCUT2D eigenvalue weighted by Gasteiger charge is -2.25. The highest BCUT2D eigenvalue weighted by molar-refractivity contribution is 6.46. The molecule has 32 heavy (non-hydrogen) atoms. The van der Waals surface area contributed by atoms with Gasteiger partial charge in [-0.15, -0.1) is 0 Å². The summed E-state index contributed by atoms with van der Waals surface area (Å²) in [7, 11) is 3.08. The number of hydrogen-bond donors (Lipinski definition) is 1. The number of rotatable bonds is 10. The van der Waals surface area contributed by atoms with Gasteiger partial charge in [0.05, 0.1) is 31.9 Å². The number of aliphatic hydroxyl groups is 1.